The Balaban J connectivity index is 2.71. The predicted molar refractivity (Wildman–Crippen MR) is 88.9 cm³/mol. The second-order valence-electron chi connectivity index (χ2n) is 7.20. The number of ether oxygens (including phenoxy) is 1. The molecule has 21 heavy (non-hydrogen) atoms. The topological polar surface area (TPSA) is 55.5 Å². The van der Waals surface area contributed by atoms with Crippen molar-refractivity contribution >= 4 is 0 Å². The van der Waals surface area contributed by atoms with Crippen LogP contribution in [0.15, 0.2) is 18.2 Å². The molecule has 0 radical (unpaired) electrons. The van der Waals surface area contributed by atoms with Crippen LogP contribution in [0.2, 0.25) is 0 Å². The van der Waals surface area contributed by atoms with Crippen LogP contribution < -0.4 is 10.5 Å². The van der Waals surface area contributed by atoms with E-state index in [9.17, 15) is 0 Å². The molecule has 0 saturated carbocycles. The van der Waals surface area contributed by atoms with E-state index in [-0.39, 0.29) is 12.0 Å². The van der Waals surface area contributed by atoms with Gasteiger partial charge in [0.1, 0.15) is 5.75 Å². The Hall–Kier alpha value is -1.06. The number of rotatable bonds is 7. The van der Waals surface area contributed by atoms with Gasteiger partial charge in [-0.1, -0.05) is 39.8 Å². The maximum Gasteiger partial charge on any atom is 0.123 e. The molecular weight excluding hydrogens is 262 g/mol. The van der Waals surface area contributed by atoms with E-state index < -0.39 is 5.54 Å². The minimum Gasteiger partial charge on any atom is -0.493 e. The van der Waals surface area contributed by atoms with Crippen molar-refractivity contribution in [2.75, 3.05) is 13.2 Å². The van der Waals surface area contributed by atoms with Crippen LogP contribution in [0.4, 0.5) is 0 Å². The van der Waals surface area contributed by atoms with Crippen LogP contribution in [-0.2, 0) is 11.8 Å². The predicted octanol–water partition coefficient (Wildman–Crippen LogP) is 3.42. The first kappa shape index (κ1) is 18.0. The van der Waals surface area contributed by atoms with E-state index in [0.717, 1.165) is 25.0 Å². The number of hydrogen-bond acceptors (Lipinski definition) is 3. The lowest BCUT2D eigenvalue weighted by Crippen LogP contribution is -2.40. The van der Waals surface area contributed by atoms with E-state index in [1.54, 1.807) is 0 Å². The number of nitrogens with two attached hydrogens (primary N) is 1. The molecule has 120 valence electrons. The lowest BCUT2D eigenvalue weighted by Gasteiger charge is -2.25. The van der Waals surface area contributed by atoms with E-state index in [1.807, 2.05) is 6.92 Å². The number of aryl methyl sites for hydroxylation is 1. The van der Waals surface area contributed by atoms with E-state index in [2.05, 4.69) is 45.9 Å². The fraction of sp³-hybridized carbons (Fsp3) is 0.667. The van der Waals surface area contributed by atoms with Crippen molar-refractivity contribution in [2.24, 2.45) is 5.73 Å². The Kier molecular flexibility index (Phi) is 6.24. The Morgan fingerprint density at radius 2 is 1.86 bits per heavy atom. The second kappa shape index (κ2) is 7.28. The minimum atomic E-state index is -0.512. The summed E-state index contributed by atoms with van der Waals surface area (Å²) in [7, 11) is 0. The van der Waals surface area contributed by atoms with Crippen LogP contribution in [0.5, 0.6) is 5.75 Å². The van der Waals surface area contributed by atoms with Crippen LogP contribution in [0.3, 0.4) is 0 Å². The molecule has 0 aliphatic heterocycles. The summed E-state index contributed by atoms with van der Waals surface area (Å²) in [6.07, 6.45) is 2.62. The molecule has 1 aromatic carbocycles. The van der Waals surface area contributed by atoms with Gasteiger partial charge in [0, 0.05) is 5.54 Å². The first-order valence-electron chi connectivity index (χ1n) is 7.85. The van der Waals surface area contributed by atoms with E-state index in [1.165, 1.54) is 11.1 Å². The molecule has 0 saturated heterocycles. The SMILES string of the molecule is CCc1ccc(OCCCC(C)(N)CO)c(C(C)(C)C)c1. The highest BCUT2D eigenvalue weighted by atomic mass is 16.5. The zero-order chi connectivity index (χ0) is 16.1. The molecule has 0 fully saturated rings. The van der Waals surface area contributed by atoms with Gasteiger partial charge in [0.2, 0.25) is 0 Å². The quantitative estimate of drug-likeness (QED) is 0.757. The van der Waals surface area contributed by atoms with Crippen LogP contribution >= 0.6 is 0 Å². The molecule has 3 heteroatoms. The third-order valence-corrected chi connectivity index (χ3v) is 3.77. The summed E-state index contributed by atoms with van der Waals surface area (Å²) in [5.41, 5.74) is 8.06. The molecule has 1 atom stereocenters. The normalized spacial score (nSPS) is 14.8. The number of aliphatic hydroxyl groups is 1. The van der Waals surface area contributed by atoms with Gasteiger partial charge in [-0.05, 0) is 48.8 Å². The van der Waals surface area contributed by atoms with Crippen molar-refractivity contribution in [3.05, 3.63) is 29.3 Å². The highest BCUT2D eigenvalue weighted by Crippen LogP contribution is 2.32. The second-order valence-corrected chi connectivity index (χ2v) is 7.20. The fourth-order valence-corrected chi connectivity index (χ4v) is 2.25. The largest absolute Gasteiger partial charge is 0.493 e. The van der Waals surface area contributed by atoms with Gasteiger partial charge < -0.3 is 15.6 Å². The Morgan fingerprint density at radius 1 is 1.19 bits per heavy atom. The standard InChI is InChI=1S/C18H31NO2/c1-6-14-8-9-16(15(12-14)17(2,3)4)21-11-7-10-18(5,19)13-20/h8-9,12,20H,6-7,10-11,13,19H2,1-5H3. The van der Waals surface area contributed by atoms with Gasteiger partial charge in [-0.3, -0.25) is 0 Å². The molecule has 1 aromatic rings. The molecule has 1 rings (SSSR count). The third-order valence-electron chi connectivity index (χ3n) is 3.77. The zero-order valence-electron chi connectivity index (χ0n) is 14.2. The van der Waals surface area contributed by atoms with Crippen molar-refractivity contribution in [1.29, 1.82) is 0 Å². The van der Waals surface area contributed by atoms with Gasteiger partial charge in [0.05, 0.1) is 13.2 Å². The maximum absolute atomic E-state index is 9.15. The summed E-state index contributed by atoms with van der Waals surface area (Å²) in [6.45, 7) is 11.3. The van der Waals surface area contributed by atoms with Gasteiger partial charge in [0.25, 0.3) is 0 Å². The van der Waals surface area contributed by atoms with Gasteiger partial charge in [-0.25, -0.2) is 0 Å². The summed E-state index contributed by atoms with van der Waals surface area (Å²) < 4.78 is 5.97. The highest BCUT2D eigenvalue weighted by molar-refractivity contribution is 5.41. The molecule has 0 aromatic heterocycles. The summed E-state index contributed by atoms with van der Waals surface area (Å²) in [5, 5.41) is 9.15. The Labute approximate surface area is 129 Å². The first-order chi connectivity index (χ1) is 9.69. The molecule has 0 spiro atoms. The third kappa shape index (κ3) is 5.68. The number of hydrogen-bond donors (Lipinski definition) is 2. The lowest BCUT2D eigenvalue weighted by atomic mass is 9.85. The van der Waals surface area contributed by atoms with Gasteiger partial charge in [-0.15, -0.1) is 0 Å². The maximum atomic E-state index is 9.15. The molecular formula is C18H31NO2. The monoisotopic (exact) mass is 293 g/mol. The Morgan fingerprint density at radius 3 is 2.38 bits per heavy atom. The van der Waals surface area contributed by atoms with E-state index >= 15 is 0 Å². The van der Waals surface area contributed by atoms with Crippen LogP contribution in [0.25, 0.3) is 0 Å². The zero-order valence-corrected chi connectivity index (χ0v) is 14.2. The van der Waals surface area contributed by atoms with Gasteiger partial charge >= 0.3 is 0 Å². The summed E-state index contributed by atoms with van der Waals surface area (Å²) in [6, 6.07) is 6.45. The minimum absolute atomic E-state index is 0.00539. The average molecular weight is 293 g/mol. The smallest absolute Gasteiger partial charge is 0.123 e. The Bertz CT molecular complexity index is 447. The van der Waals surface area contributed by atoms with Crippen LogP contribution in [0, 0.1) is 0 Å². The first-order valence-corrected chi connectivity index (χ1v) is 7.85. The van der Waals surface area contributed by atoms with Gasteiger partial charge in [-0.2, -0.15) is 0 Å². The van der Waals surface area contributed by atoms with Crippen LogP contribution in [0.1, 0.15) is 58.6 Å². The van der Waals surface area contributed by atoms with Crippen molar-refractivity contribution in [1.82, 2.24) is 0 Å². The molecule has 3 N–H and O–H groups in total. The van der Waals surface area contributed by atoms with Crippen LogP contribution in [-0.4, -0.2) is 23.9 Å². The van der Waals surface area contributed by atoms with E-state index in [0.29, 0.717) is 6.61 Å². The average Bonchev–Trinajstić information content (AvgIpc) is 2.42. The molecule has 0 aliphatic rings. The van der Waals surface area contributed by atoms with Crippen molar-refractivity contribution < 1.29 is 9.84 Å². The highest BCUT2D eigenvalue weighted by Gasteiger charge is 2.20. The summed E-state index contributed by atoms with van der Waals surface area (Å²) in [4.78, 5) is 0. The van der Waals surface area contributed by atoms with Crippen molar-refractivity contribution in [3.63, 3.8) is 0 Å². The van der Waals surface area contributed by atoms with Crippen molar-refractivity contribution in [2.45, 2.75) is 64.8 Å². The summed E-state index contributed by atoms with van der Waals surface area (Å²) in [5.74, 6) is 0.961. The van der Waals surface area contributed by atoms with Crippen molar-refractivity contribution in [3.8, 4) is 5.75 Å². The molecule has 0 bridgehead atoms. The van der Waals surface area contributed by atoms with E-state index in [4.69, 9.17) is 15.6 Å². The van der Waals surface area contributed by atoms with Gasteiger partial charge in [0.15, 0.2) is 0 Å². The number of aliphatic hydroxyl groups excluding tert-OH is 1. The number of benzene rings is 1. The lowest BCUT2D eigenvalue weighted by molar-refractivity contribution is 0.188. The summed E-state index contributed by atoms with van der Waals surface area (Å²) >= 11 is 0. The molecule has 3 nitrogen and oxygen atoms in total. The molecule has 0 heterocycles. The molecule has 1 unspecified atom stereocenters. The molecule has 0 aliphatic carbocycles. The molecule has 0 amide bonds. The fourth-order valence-electron chi connectivity index (χ4n) is 2.25.